The minimum absolute atomic E-state index is 0. The summed E-state index contributed by atoms with van der Waals surface area (Å²) in [6.07, 6.45) is 0. The molecule has 0 saturated carbocycles. The molecule has 0 amide bonds. The Labute approximate surface area is 94.9 Å². The summed E-state index contributed by atoms with van der Waals surface area (Å²) in [7, 11) is 7.00. The van der Waals surface area contributed by atoms with Crippen molar-refractivity contribution >= 4 is 0 Å². The average molecular weight is 332 g/mol. The van der Waals surface area contributed by atoms with Crippen LogP contribution in [0.25, 0.3) is 10.6 Å². The zero-order chi connectivity index (χ0) is 8.95. The molecule has 0 fully saturated rings. The predicted octanol–water partition coefficient (Wildman–Crippen LogP) is 2.64. The van der Waals surface area contributed by atoms with Crippen molar-refractivity contribution in [1.29, 1.82) is 0 Å². The SMILES string of the molecule is C[N-]C.C[N-]C.[Hf].c1cc[cH-]c1. The smallest absolute Gasteiger partial charge is 0 e. The maximum atomic E-state index is 3.50. The summed E-state index contributed by atoms with van der Waals surface area (Å²) in [5.41, 5.74) is 0. The van der Waals surface area contributed by atoms with Crippen LogP contribution in [0.15, 0.2) is 30.3 Å². The van der Waals surface area contributed by atoms with Crippen LogP contribution >= 0.6 is 0 Å². The molecule has 0 bridgehead atoms. The fourth-order valence-corrected chi connectivity index (χ4v) is 0.321. The summed E-state index contributed by atoms with van der Waals surface area (Å²) in [5, 5.41) is 7.00. The summed E-state index contributed by atoms with van der Waals surface area (Å²) in [4.78, 5) is 0. The van der Waals surface area contributed by atoms with Crippen molar-refractivity contribution in [1.82, 2.24) is 0 Å². The van der Waals surface area contributed by atoms with Crippen LogP contribution in [-0.4, -0.2) is 28.2 Å². The Balaban J connectivity index is -0.000000104. The quantitative estimate of drug-likeness (QED) is 0.516. The van der Waals surface area contributed by atoms with Crippen molar-refractivity contribution in [2.75, 3.05) is 28.2 Å². The monoisotopic (exact) mass is 333 g/mol. The van der Waals surface area contributed by atoms with E-state index in [1.54, 1.807) is 28.2 Å². The summed E-state index contributed by atoms with van der Waals surface area (Å²) in [6.45, 7) is 0. The molecule has 1 aromatic rings. The Bertz CT molecular complexity index is 88.1. The van der Waals surface area contributed by atoms with Gasteiger partial charge >= 0.3 is 0 Å². The first-order valence-corrected chi connectivity index (χ1v) is 3.46. The van der Waals surface area contributed by atoms with Crippen LogP contribution in [0.5, 0.6) is 0 Å². The van der Waals surface area contributed by atoms with Gasteiger partial charge in [-0.25, -0.2) is 12.1 Å². The molecular formula is C9H17HfN2-3. The third-order valence-electron chi connectivity index (χ3n) is 0.556. The largest absolute Gasteiger partial charge is 0.668 e. The fraction of sp³-hybridized carbons (Fsp3) is 0.444. The molecule has 0 heterocycles. The molecule has 0 saturated heterocycles. The van der Waals surface area contributed by atoms with E-state index < -0.39 is 0 Å². The summed E-state index contributed by atoms with van der Waals surface area (Å²) in [5.74, 6) is 0. The summed E-state index contributed by atoms with van der Waals surface area (Å²) < 4.78 is 0. The van der Waals surface area contributed by atoms with Gasteiger partial charge in [-0.15, -0.1) is 0 Å². The van der Waals surface area contributed by atoms with E-state index in [1.807, 2.05) is 30.3 Å². The first kappa shape index (κ1) is 18.0. The third-order valence-corrected chi connectivity index (χ3v) is 0.556. The van der Waals surface area contributed by atoms with Crippen molar-refractivity contribution in [2.24, 2.45) is 0 Å². The van der Waals surface area contributed by atoms with E-state index in [9.17, 15) is 0 Å². The molecule has 1 rings (SSSR count). The van der Waals surface area contributed by atoms with Crippen LogP contribution in [0.2, 0.25) is 0 Å². The van der Waals surface area contributed by atoms with E-state index >= 15 is 0 Å². The average Bonchev–Trinajstić information content (AvgIpc) is 2.44. The van der Waals surface area contributed by atoms with Gasteiger partial charge < -0.3 is 10.6 Å². The Morgan fingerprint density at radius 3 is 1.17 bits per heavy atom. The Morgan fingerprint density at radius 2 is 1.08 bits per heavy atom. The molecule has 0 N–H and O–H groups in total. The van der Waals surface area contributed by atoms with E-state index in [0.29, 0.717) is 0 Å². The molecule has 70 valence electrons. The van der Waals surface area contributed by atoms with E-state index in [-0.39, 0.29) is 25.8 Å². The van der Waals surface area contributed by atoms with Gasteiger partial charge in [0.25, 0.3) is 0 Å². The second-order valence-corrected chi connectivity index (χ2v) is 1.86. The fourth-order valence-electron chi connectivity index (χ4n) is 0.321. The van der Waals surface area contributed by atoms with E-state index in [1.165, 1.54) is 0 Å². The van der Waals surface area contributed by atoms with E-state index in [4.69, 9.17) is 0 Å². The molecule has 0 aliphatic heterocycles. The standard InChI is InChI=1S/C5H5.2C2H6N.Hf/c1-2-4-5-3-1;2*1-3-2;/h1-5H;2*1-2H3;/q3*-1;. The molecule has 0 aliphatic carbocycles. The number of rotatable bonds is 0. The maximum absolute atomic E-state index is 3.50. The van der Waals surface area contributed by atoms with Crippen LogP contribution < -0.4 is 0 Å². The zero-order valence-electron chi connectivity index (χ0n) is 8.28. The van der Waals surface area contributed by atoms with Crippen molar-refractivity contribution < 1.29 is 25.8 Å². The molecule has 1 aromatic carbocycles. The van der Waals surface area contributed by atoms with Crippen LogP contribution in [-0.2, 0) is 25.8 Å². The third kappa shape index (κ3) is 32.1. The van der Waals surface area contributed by atoms with Gasteiger partial charge in [0.15, 0.2) is 0 Å². The molecule has 0 aliphatic rings. The normalized spacial score (nSPS) is 6.33. The molecule has 3 heteroatoms. The molecule has 0 aromatic heterocycles. The first-order valence-electron chi connectivity index (χ1n) is 3.46. The van der Waals surface area contributed by atoms with Crippen LogP contribution in [0.1, 0.15) is 0 Å². The second-order valence-electron chi connectivity index (χ2n) is 1.86. The maximum Gasteiger partial charge on any atom is 0 e. The van der Waals surface area contributed by atoms with E-state index in [0.717, 1.165) is 0 Å². The van der Waals surface area contributed by atoms with Gasteiger partial charge in [0, 0.05) is 25.8 Å². The van der Waals surface area contributed by atoms with E-state index in [2.05, 4.69) is 10.6 Å². The molecule has 12 heavy (non-hydrogen) atoms. The molecule has 0 radical (unpaired) electrons. The van der Waals surface area contributed by atoms with Crippen LogP contribution in [0.4, 0.5) is 0 Å². The zero-order valence-corrected chi connectivity index (χ0v) is 11.9. The van der Waals surface area contributed by atoms with Gasteiger partial charge in [0.2, 0.25) is 0 Å². The minimum atomic E-state index is 0. The first-order chi connectivity index (χ1) is 5.33. The minimum Gasteiger partial charge on any atom is -0.668 e. The Kier molecular flexibility index (Phi) is 33.8. The number of nitrogens with zero attached hydrogens (tertiary/aromatic N) is 2. The molecular weight excluding hydrogens is 315 g/mol. The van der Waals surface area contributed by atoms with Gasteiger partial charge in [0.1, 0.15) is 0 Å². The molecule has 0 atom stereocenters. The Hall–Kier alpha value is 0.140. The van der Waals surface area contributed by atoms with Gasteiger partial charge in [0.05, 0.1) is 0 Å². The molecule has 2 nitrogen and oxygen atoms in total. The second kappa shape index (κ2) is 22.5. The predicted molar refractivity (Wildman–Crippen MR) is 52.4 cm³/mol. The number of hydrogen-bond acceptors (Lipinski definition) is 0. The molecule has 0 spiro atoms. The van der Waals surface area contributed by atoms with Crippen LogP contribution in [0.3, 0.4) is 0 Å². The van der Waals surface area contributed by atoms with Gasteiger partial charge in [-0.3, -0.25) is 0 Å². The Morgan fingerprint density at radius 1 is 0.833 bits per heavy atom. The van der Waals surface area contributed by atoms with Crippen molar-refractivity contribution in [3.8, 4) is 0 Å². The molecule has 0 unspecified atom stereocenters. The van der Waals surface area contributed by atoms with Gasteiger partial charge in [-0.05, 0) is 0 Å². The summed E-state index contributed by atoms with van der Waals surface area (Å²) >= 11 is 0. The van der Waals surface area contributed by atoms with Crippen molar-refractivity contribution in [3.05, 3.63) is 41.0 Å². The van der Waals surface area contributed by atoms with Gasteiger partial charge in [-0.1, -0.05) is 0 Å². The van der Waals surface area contributed by atoms with Crippen molar-refractivity contribution in [2.45, 2.75) is 0 Å². The number of hydrogen-bond donors (Lipinski definition) is 0. The van der Waals surface area contributed by atoms with Crippen molar-refractivity contribution in [3.63, 3.8) is 0 Å². The topological polar surface area (TPSA) is 28.2 Å². The van der Waals surface area contributed by atoms with Crippen LogP contribution in [0, 0.1) is 0 Å². The van der Waals surface area contributed by atoms with Gasteiger partial charge in [-0.2, -0.15) is 46.4 Å². The summed E-state index contributed by atoms with van der Waals surface area (Å²) in [6, 6.07) is 10.0.